The molecule has 3 nitrogen and oxygen atoms in total. The monoisotopic (exact) mass is 376 g/mol. The van der Waals surface area contributed by atoms with E-state index in [-0.39, 0.29) is 35.5 Å². The smallest absolute Gasteiger partial charge is 0.852 e. The molecule has 0 amide bonds. The fraction of sp³-hybridized carbons (Fsp3) is 0.864. The number of carbonyl (C=O) groups is 1. The Bertz CT molecular complexity index is 319. The van der Waals surface area contributed by atoms with Gasteiger partial charge in [-0.1, -0.05) is 83.8 Å². The number of unbranched alkanes of at least 4 members (excludes halogenated alkanes) is 9. The summed E-state index contributed by atoms with van der Waals surface area (Å²) in [6.45, 7) is 4.86. The van der Waals surface area contributed by atoms with Crippen molar-refractivity contribution in [2.45, 2.75) is 116 Å². The molecule has 0 heterocycles. The van der Waals surface area contributed by atoms with Crippen LogP contribution in [0, 0.1) is 0 Å². The van der Waals surface area contributed by atoms with Crippen molar-refractivity contribution in [1.82, 2.24) is 0 Å². The first-order chi connectivity index (χ1) is 12.2. The third-order valence-corrected chi connectivity index (χ3v) is 4.46. The van der Waals surface area contributed by atoms with Crippen LogP contribution in [0.1, 0.15) is 110 Å². The van der Waals surface area contributed by atoms with Crippen LogP contribution in [-0.4, -0.2) is 18.7 Å². The second-order valence-electron chi connectivity index (χ2n) is 7.06. The van der Waals surface area contributed by atoms with Gasteiger partial charge in [0.1, 0.15) is 0 Å². The molecule has 0 fully saturated rings. The molecule has 0 saturated heterocycles. The fourth-order valence-electron chi connectivity index (χ4n) is 2.75. The van der Waals surface area contributed by atoms with Crippen LogP contribution in [0.3, 0.4) is 0 Å². The molecule has 0 aliphatic carbocycles. The van der Waals surface area contributed by atoms with Gasteiger partial charge in [0.25, 0.3) is 0 Å². The molecule has 0 aromatic heterocycles. The topological polar surface area (TPSA) is 49.4 Å². The quantitative estimate of drug-likeness (QED) is 0.160. The average Bonchev–Trinajstić information content (AvgIpc) is 2.60. The number of ether oxygens (including phenoxy) is 1. The van der Waals surface area contributed by atoms with Crippen molar-refractivity contribution in [2.75, 3.05) is 6.61 Å². The van der Waals surface area contributed by atoms with Gasteiger partial charge in [-0.2, -0.15) is 0 Å². The SMILES string of the molecule is CCCCCCC([O-])C/C=C\CCCCCCCC(=O)OCCCC.[Na+]. The van der Waals surface area contributed by atoms with Gasteiger partial charge in [0.15, 0.2) is 0 Å². The molecule has 0 saturated carbocycles. The van der Waals surface area contributed by atoms with Gasteiger partial charge < -0.3 is 9.84 Å². The number of carbonyl (C=O) groups excluding carboxylic acids is 1. The van der Waals surface area contributed by atoms with E-state index in [1.165, 1.54) is 38.5 Å². The van der Waals surface area contributed by atoms with Gasteiger partial charge in [0.05, 0.1) is 6.61 Å². The van der Waals surface area contributed by atoms with E-state index < -0.39 is 6.10 Å². The zero-order valence-electron chi connectivity index (χ0n) is 17.8. The maximum Gasteiger partial charge on any atom is 1.00 e. The number of hydrogen-bond donors (Lipinski definition) is 0. The summed E-state index contributed by atoms with van der Waals surface area (Å²) >= 11 is 0. The molecule has 26 heavy (non-hydrogen) atoms. The molecular weight excluding hydrogens is 335 g/mol. The summed E-state index contributed by atoms with van der Waals surface area (Å²) in [4.78, 5) is 11.4. The van der Waals surface area contributed by atoms with Crippen molar-refractivity contribution < 1.29 is 44.2 Å². The molecule has 0 aliphatic rings. The summed E-state index contributed by atoms with van der Waals surface area (Å²) in [7, 11) is 0. The Balaban J connectivity index is 0. The fourth-order valence-corrected chi connectivity index (χ4v) is 2.75. The van der Waals surface area contributed by atoms with Crippen LogP contribution in [0.4, 0.5) is 0 Å². The molecule has 1 atom stereocenters. The van der Waals surface area contributed by atoms with Crippen LogP contribution in [0.2, 0.25) is 0 Å². The maximum atomic E-state index is 11.7. The molecule has 0 bridgehead atoms. The first-order valence-electron chi connectivity index (χ1n) is 10.7. The predicted octanol–water partition coefficient (Wildman–Crippen LogP) is 2.71. The second kappa shape index (κ2) is 23.2. The van der Waals surface area contributed by atoms with Crippen molar-refractivity contribution in [2.24, 2.45) is 0 Å². The minimum absolute atomic E-state index is 0. The Morgan fingerprint density at radius 2 is 1.54 bits per heavy atom. The van der Waals surface area contributed by atoms with Crippen molar-refractivity contribution in [1.29, 1.82) is 0 Å². The molecule has 148 valence electrons. The molecule has 0 N–H and O–H groups in total. The largest absolute Gasteiger partial charge is 1.00 e. The van der Waals surface area contributed by atoms with E-state index in [4.69, 9.17) is 4.74 Å². The third kappa shape index (κ3) is 22.2. The van der Waals surface area contributed by atoms with E-state index in [0.717, 1.165) is 44.9 Å². The van der Waals surface area contributed by atoms with Gasteiger partial charge >= 0.3 is 35.5 Å². The number of allylic oxidation sites excluding steroid dienone is 1. The zero-order valence-corrected chi connectivity index (χ0v) is 19.8. The number of rotatable bonds is 18. The van der Waals surface area contributed by atoms with E-state index in [9.17, 15) is 9.90 Å². The maximum absolute atomic E-state index is 11.7. The minimum Gasteiger partial charge on any atom is -0.852 e. The van der Waals surface area contributed by atoms with E-state index in [2.05, 4.69) is 26.0 Å². The molecule has 0 rings (SSSR count). The minimum atomic E-state index is -0.412. The molecule has 0 aromatic rings. The third-order valence-electron chi connectivity index (χ3n) is 4.46. The molecular formula is C22H41NaO3. The van der Waals surface area contributed by atoms with E-state index in [1.54, 1.807) is 0 Å². The van der Waals surface area contributed by atoms with Gasteiger partial charge in [-0.3, -0.25) is 4.79 Å². The normalized spacial score (nSPS) is 12.1. The number of esters is 1. The predicted molar refractivity (Wildman–Crippen MR) is 104 cm³/mol. The first-order valence-corrected chi connectivity index (χ1v) is 10.7. The molecule has 1 unspecified atom stereocenters. The van der Waals surface area contributed by atoms with Gasteiger partial charge in [-0.15, -0.1) is 6.10 Å². The van der Waals surface area contributed by atoms with Crippen molar-refractivity contribution in [3.05, 3.63) is 12.2 Å². The average molecular weight is 377 g/mol. The van der Waals surface area contributed by atoms with E-state index in [0.29, 0.717) is 19.4 Å². The number of hydrogen-bond acceptors (Lipinski definition) is 3. The second-order valence-corrected chi connectivity index (χ2v) is 7.06. The molecule has 0 radical (unpaired) electrons. The summed E-state index contributed by atoms with van der Waals surface area (Å²) in [6, 6.07) is 0. The Morgan fingerprint density at radius 3 is 2.27 bits per heavy atom. The van der Waals surface area contributed by atoms with Gasteiger partial charge in [0, 0.05) is 6.42 Å². The van der Waals surface area contributed by atoms with Crippen LogP contribution < -0.4 is 34.7 Å². The van der Waals surface area contributed by atoms with Crippen molar-refractivity contribution in [3.8, 4) is 0 Å². The summed E-state index contributed by atoms with van der Waals surface area (Å²) in [5, 5.41) is 11.7. The molecule has 4 heteroatoms. The van der Waals surface area contributed by atoms with Crippen LogP contribution in [-0.2, 0) is 9.53 Å². The van der Waals surface area contributed by atoms with Gasteiger partial charge in [0.2, 0.25) is 0 Å². The Morgan fingerprint density at radius 1 is 0.885 bits per heavy atom. The van der Waals surface area contributed by atoms with Crippen LogP contribution in [0.15, 0.2) is 12.2 Å². The van der Waals surface area contributed by atoms with Crippen molar-refractivity contribution in [3.63, 3.8) is 0 Å². The summed E-state index contributed by atoms with van der Waals surface area (Å²) in [5.41, 5.74) is 0. The summed E-state index contributed by atoms with van der Waals surface area (Å²) < 4.78 is 5.14. The molecule has 0 spiro atoms. The van der Waals surface area contributed by atoms with Crippen molar-refractivity contribution >= 4 is 5.97 Å². The van der Waals surface area contributed by atoms with Crippen LogP contribution in [0.25, 0.3) is 0 Å². The Hall–Kier alpha value is 0.170. The molecule has 0 aromatic carbocycles. The Labute approximate surface area is 184 Å². The molecule has 0 aliphatic heterocycles. The van der Waals surface area contributed by atoms with Crippen LogP contribution >= 0.6 is 0 Å². The van der Waals surface area contributed by atoms with Crippen LogP contribution in [0.5, 0.6) is 0 Å². The standard InChI is InChI=1S/C22H41O3.Na/c1-3-5-7-14-17-21(23)18-15-12-10-8-9-11-13-16-19-22(24)25-20-6-4-2;/h12,15,21H,3-11,13-14,16-20H2,1-2H3;/q-1;+1/b15-12-;. The van der Waals surface area contributed by atoms with E-state index >= 15 is 0 Å². The van der Waals surface area contributed by atoms with E-state index in [1.807, 2.05) is 0 Å². The Kier molecular flexibility index (Phi) is 25.3. The zero-order chi connectivity index (χ0) is 18.6. The first kappa shape index (κ1) is 28.4. The summed E-state index contributed by atoms with van der Waals surface area (Å²) in [6.07, 6.45) is 19.4. The van der Waals surface area contributed by atoms with Gasteiger partial charge in [-0.25, -0.2) is 0 Å². The summed E-state index contributed by atoms with van der Waals surface area (Å²) in [5.74, 6) is -0.0433. The van der Waals surface area contributed by atoms with Gasteiger partial charge in [-0.05, 0) is 32.1 Å².